The molecular formula is C29H55NOSSiSn. The number of aryl methyl sites for hydroxylation is 1. The molecule has 1 aliphatic carbocycles. The van der Waals surface area contributed by atoms with Gasteiger partial charge in [-0.1, -0.05) is 0 Å². The van der Waals surface area contributed by atoms with Gasteiger partial charge in [-0.3, -0.25) is 0 Å². The van der Waals surface area contributed by atoms with E-state index in [4.69, 9.17) is 4.43 Å². The Balaban J connectivity index is 1.77. The maximum absolute atomic E-state index is 6.75. The van der Waals surface area contributed by atoms with E-state index in [1.54, 1.807) is 23.8 Å². The van der Waals surface area contributed by atoms with Gasteiger partial charge < -0.3 is 0 Å². The van der Waals surface area contributed by atoms with Crippen LogP contribution in [-0.4, -0.2) is 50.8 Å². The number of thiophene rings is 1. The van der Waals surface area contributed by atoms with Crippen molar-refractivity contribution in [1.29, 1.82) is 0 Å². The summed E-state index contributed by atoms with van der Waals surface area (Å²) < 4.78 is 13.5. The Morgan fingerprint density at radius 1 is 1.00 bits per heavy atom. The third kappa shape index (κ3) is 6.74. The standard InChI is InChI=1S/C17H28NOSSi.3C4H9.Sn/c1-17(2,3)21(4,5)19-13-11-18(12-13)15-7-6-8-16-14(15)9-10-20-16;3*1-3-4-2;/h9,13,15H,6-8,11-12H2,1-5H3;3*1,3-4H2,2H3;. The van der Waals surface area contributed by atoms with Crippen LogP contribution in [0.15, 0.2) is 6.07 Å². The maximum atomic E-state index is 6.75. The zero-order valence-electron chi connectivity index (χ0n) is 23.9. The van der Waals surface area contributed by atoms with E-state index in [0.717, 1.165) is 13.1 Å². The van der Waals surface area contributed by atoms with Gasteiger partial charge in [-0.2, -0.15) is 0 Å². The molecule has 1 aromatic rings. The molecule has 2 aliphatic rings. The molecule has 5 heteroatoms. The van der Waals surface area contributed by atoms with Crippen molar-refractivity contribution >= 4 is 40.9 Å². The van der Waals surface area contributed by atoms with E-state index in [-0.39, 0.29) is 0 Å². The van der Waals surface area contributed by atoms with Crippen LogP contribution in [-0.2, 0) is 10.8 Å². The van der Waals surface area contributed by atoms with Crippen molar-refractivity contribution in [2.45, 2.75) is 143 Å². The van der Waals surface area contributed by atoms with Crippen molar-refractivity contribution in [2.24, 2.45) is 0 Å². The first kappa shape index (κ1) is 29.2. The van der Waals surface area contributed by atoms with Gasteiger partial charge in [0.05, 0.1) is 0 Å². The molecule has 3 rings (SSSR count). The number of rotatable bonds is 13. The predicted molar refractivity (Wildman–Crippen MR) is 158 cm³/mol. The van der Waals surface area contributed by atoms with Gasteiger partial charge in [-0.05, 0) is 0 Å². The summed E-state index contributed by atoms with van der Waals surface area (Å²) in [4.78, 5) is 4.54. The molecule has 2 nitrogen and oxygen atoms in total. The third-order valence-electron chi connectivity index (χ3n) is 9.22. The summed E-state index contributed by atoms with van der Waals surface area (Å²) in [6.07, 6.45) is 13.0. The number of hydrogen-bond donors (Lipinski definition) is 0. The van der Waals surface area contributed by atoms with Crippen molar-refractivity contribution in [1.82, 2.24) is 4.90 Å². The minimum atomic E-state index is -2.32. The molecule has 0 saturated carbocycles. The van der Waals surface area contributed by atoms with Gasteiger partial charge in [-0.25, -0.2) is 0 Å². The molecule has 0 aromatic carbocycles. The molecule has 1 unspecified atom stereocenters. The monoisotopic (exact) mass is 613 g/mol. The molecule has 0 N–H and O–H groups in total. The fourth-order valence-electron chi connectivity index (χ4n) is 5.85. The van der Waals surface area contributed by atoms with Crippen LogP contribution >= 0.6 is 11.3 Å². The molecule has 196 valence electrons. The summed E-state index contributed by atoms with van der Waals surface area (Å²) in [5, 5.41) is 0.305. The SMILES string of the molecule is CCC[CH2][Sn]([CH2]CCC)([CH2]CCC)[c]1cc2c(s1)CCCC2N1CC(O[Si](C)(C)C(C)(C)C)C1. The Bertz CT molecular complexity index is 743. The quantitative estimate of drug-likeness (QED) is 0.206. The van der Waals surface area contributed by atoms with E-state index in [0.29, 0.717) is 17.2 Å². The first-order valence-corrected chi connectivity index (χ1v) is 25.8. The van der Waals surface area contributed by atoms with Gasteiger partial charge in [-0.15, -0.1) is 0 Å². The van der Waals surface area contributed by atoms with Crippen molar-refractivity contribution in [2.75, 3.05) is 13.1 Å². The van der Waals surface area contributed by atoms with Crippen molar-refractivity contribution in [3.8, 4) is 0 Å². The number of hydrogen-bond acceptors (Lipinski definition) is 3. The fourth-order valence-corrected chi connectivity index (χ4v) is 27.8. The predicted octanol–water partition coefficient (Wildman–Crippen LogP) is 8.89. The van der Waals surface area contributed by atoms with Crippen LogP contribution < -0.4 is 2.89 Å². The number of nitrogens with zero attached hydrogens (tertiary/aromatic N) is 1. The molecule has 1 fully saturated rings. The number of likely N-dealkylation sites (tertiary alicyclic amines) is 1. The minimum absolute atomic E-state index is 0.305. The summed E-state index contributed by atoms with van der Waals surface area (Å²) in [6, 6.07) is 3.48. The van der Waals surface area contributed by atoms with Gasteiger partial charge in [0.1, 0.15) is 0 Å². The van der Waals surface area contributed by atoms with Crippen molar-refractivity contribution in [3.05, 3.63) is 16.5 Å². The normalized spacial score (nSPS) is 20.4. The second-order valence-corrected chi connectivity index (χ2v) is 33.0. The topological polar surface area (TPSA) is 12.5 Å². The van der Waals surface area contributed by atoms with E-state index in [2.05, 4.69) is 76.9 Å². The Kier molecular flexibility index (Phi) is 10.7. The summed E-state index contributed by atoms with van der Waals surface area (Å²) in [7, 11) is -1.66. The van der Waals surface area contributed by atoms with Gasteiger partial charge in [0, 0.05) is 0 Å². The molecule has 2 heterocycles. The second-order valence-electron chi connectivity index (χ2n) is 12.9. The number of unbranched alkanes of at least 4 members (excludes halogenated alkanes) is 3. The summed E-state index contributed by atoms with van der Waals surface area (Å²) in [6.45, 7) is 21.4. The van der Waals surface area contributed by atoms with Gasteiger partial charge >= 0.3 is 223 Å². The molecule has 0 amide bonds. The van der Waals surface area contributed by atoms with Crippen LogP contribution in [0.25, 0.3) is 0 Å². The van der Waals surface area contributed by atoms with E-state index in [1.807, 2.05) is 2.89 Å². The molecule has 34 heavy (non-hydrogen) atoms. The zero-order valence-corrected chi connectivity index (χ0v) is 28.6. The summed E-state index contributed by atoms with van der Waals surface area (Å²) >= 11 is -0.0178. The van der Waals surface area contributed by atoms with Crippen LogP contribution in [0.3, 0.4) is 0 Å². The van der Waals surface area contributed by atoms with E-state index >= 15 is 0 Å². The molecule has 0 bridgehead atoms. The average molecular weight is 613 g/mol. The molecular weight excluding hydrogens is 557 g/mol. The Labute approximate surface area is 221 Å². The molecule has 1 saturated heterocycles. The van der Waals surface area contributed by atoms with E-state index in [1.165, 1.54) is 57.8 Å². The Morgan fingerprint density at radius 3 is 2.06 bits per heavy atom. The van der Waals surface area contributed by atoms with Crippen LogP contribution in [0.5, 0.6) is 0 Å². The van der Waals surface area contributed by atoms with Crippen LogP contribution in [0.1, 0.15) is 109 Å². The molecule has 1 aromatic heterocycles. The zero-order chi connectivity index (χ0) is 25.0. The summed E-state index contributed by atoms with van der Waals surface area (Å²) in [5.74, 6) is 0. The summed E-state index contributed by atoms with van der Waals surface area (Å²) in [5.41, 5.74) is 1.75. The van der Waals surface area contributed by atoms with E-state index in [9.17, 15) is 0 Å². The van der Waals surface area contributed by atoms with Crippen LogP contribution in [0, 0.1) is 0 Å². The first-order chi connectivity index (χ1) is 16.1. The molecule has 1 atom stereocenters. The molecule has 1 aliphatic heterocycles. The Morgan fingerprint density at radius 2 is 1.56 bits per heavy atom. The van der Waals surface area contributed by atoms with Gasteiger partial charge in [0.2, 0.25) is 0 Å². The van der Waals surface area contributed by atoms with Gasteiger partial charge in [0.15, 0.2) is 0 Å². The van der Waals surface area contributed by atoms with Crippen LogP contribution in [0.2, 0.25) is 31.4 Å². The van der Waals surface area contributed by atoms with Crippen molar-refractivity contribution in [3.63, 3.8) is 0 Å². The van der Waals surface area contributed by atoms with Crippen molar-refractivity contribution < 1.29 is 4.43 Å². The third-order valence-corrected chi connectivity index (χ3v) is 33.2. The first-order valence-electron chi connectivity index (χ1n) is 14.6. The molecule has 0 spiro atoms. The van der Waals surface area contributed by atoms with Crippen LogP contribution in [0.4, 0.5) is 0 Å². The number of fused-ring (bicyclic) bond motifs is 1. The molecule has 0 radical (unpaired) electrons. The second kappa shape index (κ2) is 12.5. The average Bonchev–Trinajstić information content (AvgIpc) is 3.20. The van der Waals surface area contributed by atoms with E-state index < -0.39 is 26.7 Å². The van der Waals surface area contributed by atoms with Gasteiger partial charge in [0.25, 0.3) is 0 Å². The fraction of sp³-hybridized carbons (Fsp3) is 0.862. The Hall–Kier alpha value is 0.636.